The van der Waals surface area contributed by atoms with Gasteiger partial charge >= 0.3 is 0 Å². The van der Waals surface area contributed by atoms with E-state index >= 15 is 0 Å². The van der Waals surface area contributed by atoms with E-state index < -0.39 is 0 Å². The maximum Gasteiger partial charge on any atom is 0.137 e. The van der Waals surface area contributed by atoms with Crippen molar-refractivity contribution in [1.29, 1.82) is 0 Å². The zero-order valence-electron chi connectivity index (χ0n) is 9.80. The summed E-state index contributed by atoms with van der Waals surface area (Å²) in [4.78, 5) is 4.58. The highest BCUT2D eigenvalue weighted by Crippen LogP contribution is 2.30. The lowest BCUT2D eigenvalue weighted by atomic mass is 10.2. The Morgan fingerprint density at radius 3 is 2.83 bits per heavy atom. The van der Waals surface area contributed by atoms with E-state index in [1.165, 1.54) is 0 Å². The van der Waals surface area contributed by atoms with Gasteiger partial charge in [-0.3, -0.25) is 0 Å². The molecule has 2 heterocycles. The van der Waals surface area contributed by atoms with Crippen LogP contribution in [0.2, 0.25) is 0 Å². The summed E-state index contributed by atoms with van der Waals surface area (Å²) in [7, 11) is 1.66. The summed E-state index contributed by atoms with van der Waals surface area (Å²) in [6, 6.07) is 11.9. The van der Waals surface area contributed by atoms with Gasteiger partial charge in [-0.1, -0.05) is 6.07 Å². The first kappa shape index (κ1) is 11.3. The molecule has 3 nitrogen and oxygen atoms in total. The summed E-state index contributed by atoms with van der Waals surface area (Å²) >= 11 is 3.49. The Labute approximate surface area is 113 Å². The fourth-order valence-corrected chi connectivity index (χ4v) is 2.44. The molecule has 0 fully saturated rings. The highest BCUT2D eigenvalue weighted by Gasteiger charge is 2.06. The fraction of sp³-hybridized carbons (Fsp3) is 0.0714. The Bertz CT molecular complexity index is 673. The molecule has 90 valence electrons. The Morgan fingerprint density at radius 2 is 2.11 bits per heavy atom. The minimum Gasteiger partial charge on any atom is -0.496 e. The number of hydrogen-bond acceptors (Lipinski definition) is 2. The highest BCUT2D eigenvalue weighted by atomic mass is 79.9. The first-order valence-corrected chi connectivity index (χ1v) is 6.35. The second-order valence-corrected chi connectivity index (χ2v) is 4.80. The van der Waals surface area contributed by atoms with Crippen LogP contribution in [0.4, 0.5) is 0 Å². The van der Waals surface area contributed by atoms with Crippen molar-refractivity contribution in [3.8, 4) is 17.0 Å². The van der Waals surface area contributed by atoms with Crippen molar-refractivity contribution in [1.82, 2.24) is 9.38 Å². The van der Waals surface area contributed by atoms with E-state index in [0.29, 0.717) is 0 Å². The normalized spacial score (nSPS) is 10.8. The van der Waals surface area contributed by atoms with Crippen molar-refractivity contribution < 1.29 is 4.74 Å². The molecule has 0 N–H and O–H groups in total. The molecule has 0 unspecified atom stereocenters. The van der Waals surface area contributed by atoms with Crippen molar-refractivity contribution in [2.75, 3.05) is 7.11 Å². The summed E-state index contributed by atoms with van der Waals surface area (Å²) in [5.41, 5.74) is 2.95. The van der Waals surface area contributed by atoms with Gasteiger partial charge in [0, 0.05) is 18.0 Å². The molecule has 0 saturated carbocycles. The molecule has 0 aliphatic carbocycles. The third-order valence-corrected chi connectivity index (χ3v) is 3.43. The van der Waals surface area contributed by atoms with Crippen molar-refractivity contribution >= 4 is 21.6 Å². The summed E-state index contributed by atoms with van der Waals surface area (Å²) in [5.74, 6) is 0.822. The van der Waals surface area contributed by atoms with Gasteiger partial charge in [0.05, 0.1) is 17.3 Å². The number of rotatable bonds is 2. The average Bonchev–Trinajstić information content (AvgIpc) is 2.82. The molecule has 0 bridgehead atoms. The molecule has 0 amide bonds. The van der Waals surface area contributed by atoms with Crippen LogP contribution in [0.5, 0.6) is 5.75 Å². The molecule has 1 aromatic carbocycles. The quantitative estimate of drug-likeness (QED) is 0.720. The maximum absolute atomic E-state index is 5.22. The van der Waals surface area contributed by atoms with Crippen molar-refractivity contribution in [2.45, 2.75) is 0 Å². The van der Waals surface area contributed by atoms with E-state index in [0.717, 1.165) is 27.1 Å². The summed E-state index contributed by atoms with van der Waals surface area (Å²) in [6.07, 6.45) is 4.01. The molecular weight excluding hydrogens is 292 g/mol. The van der Waals surface area contributed by atoms with Crippen molar-refractivity contribution in [3.05, 3.63) is 53.3 Å². The molecule has 0 aliphatic rings. The Kier molecular flexibility index (Phi) is 2.80. The number of ether oxygens (including phenoxy) is 1. The van der Waals surface area contributed by atoms with E-state index in [-0.39, 0.29) is 0 Å². The van der Waals surface area contributed by atoms with Crippen molar-refractivity contribution in [3.63, 3.8) is 0 Å². The number of nitrogens with zero attached hydrogens (tertiary/aromatic N) is 2. The third-order valence-electron chi connectivity index (χ3n) is 2.81. The molecule has 2 aromatic heterocycles. The van der Waals surface area contributed by atoms with Crippen LogP contribution in [0.3, 0.4) is 0 Å². The highest BCUT2D eigenvalue weighted by molar-refractivity contribution is 9.10. The smallest absolute Gasteiger partial charge is 0.137 e. The van der Waals surface area contributed by atoms with Crippen LogP contribution >= 0.6 is 15.9 Å². The zero-order valence-corrected chi connectivity index (χ0v) is 11.4. The number of hydrogen-bond donors (Lipinski definition) is 0. The average molecular weight is 303 g/mol. The Morgan fingerprint density at radius 1 is 1.22 bits per heavy atom. The van der Waals surface area contributed by atoms with Gasteiger partial charge in [0.2, 0.25) is 0 Å². The lowest BCUT2D eigenvalue weighted by Crippen LogP contribution is -1.85. The van der Waals surface area contributed by atoms with E-state index in [1.54, 1.807) is 7.11 Å². The molecule has 0 atom stereocenters. The van der Waals surface area contributed by atoms with Gasteiger partial charge in [0.25, 0.3) is 0 Å². The standard InChI is InChI=1S/C14H11BrN2O/c1-18-13-6-5-10(8-11(13)15)12-9-17-7-3-2-4-14(17)16-12/h2-9H,1H3. The van der Waals surface area contributed by atoms with E-state index in [4.69, 9.17) is 4.74 Å². The van der Waals surface area contributed by atoms with Gasteiger partial charge in [-0.25, -0.2) is 4.98 Å². The second kappa shape index (κ2) is 4.46. The number of halogens is 1. The van der Waals surface area contributed by atoms with Gasteiger partial charge in [-0.15, -0.1) is 0 Å². The summed E-state index contributed by atoms with van der Waals surface area (Å²) < 4.78 is 8.16. The Balaban J connectivity index is 2.11. The molecular formula is C14H11BrN2O. The predicted molar refractivity (Wildman–Crippen MR) is 74.9 cm³/mol. The Hall–Kier alpha value is -1.81. The van der Waals surface area contributed by atoms with Gasteiger partial charge in [-0.05, 0) is 46.3 Å². The monoisotopic (exact) mass is 302 g/mol. The van der Waals surface area contributed by atoms with Crippen LogP contribution in [-0.4, -0.2) is 16.5 Å². The van der Waals surface area contributed by atoms with Gasteiger partial charge < -0.3 is 9.14 Å². The molecule has 0 radical (unpaired) electrons. The number of benzene rings is 1. The molecule has 4 heteroatoms. The van der Waals surface area contributed by atoms with Crippen LogP contribution in [-0.2, 0) is 0 Å². The molecule has 0 saturated heterocycles. The topological polar surface area (TPSA) is 26.5 Å². The molecule has 3 aromatic rings. The number of fused-ring (bicyclic) bond motifs is 1. The number of pyridine rings is 1. The lowest BCUT2D eigenvalue weighted by molar-refractivity contribution is 0.412. The fourth-order valence-electron chi connectivity index (χ4n) is 1.90. The van der Waals surface area contributed by atoms with E-state index in [2.05, 4.69) is 20.9 Å². The number of aromatic nitrogens is 2. The number of imidazole rings is 1. The first-order chi connectivity index (χ1) is 8.78. The first-order valence-electron chi connectivity index (χ1n) is 5.55. The van der Waals surface area contributed by atoms with Crippen LogP contribution in [0, 0.1) is 0 Å². The van der Waals surface area contributed by atoms with E-state index in [9.17, 15) is 0 Å². The largest absolute Gasteiger partial charge is 0.496 e. The lowest BCUT2D eigenvalue weighted by Gasteiger charge is -2.04. The molecule has 18 heavy (non-hydrogen) atoms. The molecule has 3 rings (SSSR count). The second-order valence-electron chi connectivity index (χ2n) is 3.94. The van der Waals surface area contributed by atoms with Gasteiger partial charge in [0.15, 0.2) is 0 Å². The van der Waals surface area contributed by atoms with Gasteiger partial charge in [0.1, 0.15) is 11.4 Å². The minimum absolute atomic E-state index is 0.822. The van der Waals surface area contributed by atoms with E-state index in [1.807, 2.05) is 53.2 Å². The van der Waals surface area contributed by atoms with Crippen molar-refractivity contribution in [2.24, 2.45) is 0 Å². The van der Waals surface area contributed by atoms with Crippen LogP contribution < -0.4 is 4.74 Å². The summed E-state index contributed by atoms with van der Waals surface area (Å²) in [5, 5.41) is 0. The van der Waals surface area contributed by atoms with Crippen LogP contribution in [0.15, 0.2) is 53.3 Å². The SMILES string of the molecule is COc1ccc(-c2cn3ccccc3n2)cc1Br. The number of methoxy groups -OCH3 is 1. The minimum atomic E-state index is 0.822. The summed E-state index contributed by atoms with van der Waals surface area (Å²) in [6.45, 7) is 0. The molecule has 0 aliphatic heterocycles. The maximum atomic E-state index is 5.22. The van der Waals surface area contributed by atoms with Gasteiger partial charge in [-0.2, -0.15) is 0 Å². The van der Waals surface area contributed by atoms with Crippen LogP contribution in [0.25, 0.3) is 16.9 Å². The zero-order chi connectivity index (χ0) is 12.5. The predicted octanol–water partition coefficient (Wildman–Crippen LogP) is 3.77. The molecule has 0 spiro atoms. The third kappa shape index (κ3) is 1.88. The van der Waals surface area contributed by atoms with Crippen LogP contribution in [0.1, 0.15) is 0 Å².